The number of halogens is 2. The quantitative estimate of drug-likeness (QED) is 0.223. The lowest BCUT2D eigenvalue weighted by atomic mass is 10.3. The van der Waals surface area contributed by atoms with Gasteiger partial charge in [0.15, 0.2) is 5.96 Å². The number of anilines is 1. The Morgan fingerprint density at radius 1 is 1.54 bits per heavy atom. The fourth-order valence-corrected chi connectivity index (χ4v) is 2.85. The Labute approximate surface area is 167 Å². The summed E-state index contributed by atoms with van der Waals surface area (Å²) < 4.78 is 0. The average Bonchev–Trinajstić information content (AvgIpc) is 3.00. The number of aromatic nitrogens is 1. The van der Waals surface area contributed by atoms with E-state index in [4.69, 9.17) is 11.6 Å². The van der Waals surface area contributed by atoms with Crippen LogP contribution in [0.4, 0.5) is 5.82 Å². The van der Waals surface area contributed by atoms with Gasteiger partial charge >= 0.3 is 0 Å². The molecule has 0 saturated carbocycles. The number of pyridine rings is 1. The van der Waals surface area contributed by atoms with Crippen molar-refractivity contribution in [3.05, 3.63) is 35.5 Å². The highest BCUT2D eigenvalue weighted by Gasteiger charge is 2.25. The summed E-state index contributed by atoms with van der Waals surface area (Å²) in [7, 11) is 0. The number of nitrogens with one attached hydrogen (secondary N) is 2. The number of nitrogens with zero attached hydrogens (tertiary/aromatic N) is 3. The maximum absolute atomic E-state index is 6.24. The van der Waals surface area contributed by atoms with Crippen molar-refractivity contribution in [3.8, 4) is 0 Å². The van der Waals surface area contributed by atoms with Crippen molar-refractivity contribution in [1.29, 1.82) is 0 Å². The fourth-order valence-electron chi connectivity index (χ4n) is 2.61. The third-order valence-corrected chi connectivity index (χ3v) is 4.01. The number of hydrogen-bond acceptors (Lipinski definition) is 3. The molecular formula is C17H27ClIN5. The van der Waals surface area contributed by atoms with Crippen LogP contribution in [0.5, 0.6) is 0 Å². The Morgan fingerprint density at radius 2 is 2.38 bits per heavy atom. The first-order valence-electron chi connectivity index (χ1n) is 8.26. The Hall–Kier alpha value is -1.02. The molecule has 2 N–H and O–H groups in total. The molecule has 0 aliphatic carbocycles. The van der Waals surface area contributed by atoms with E-state index in [1.54, 1.807) is 6.20 Å². The molecule has 1 atom stereocenters. The van der Waals surface area contributed by atoms with Crippen molar-refractivity contribution in [2.45, 2.75) is 32.7 Å². The largest absolute Gasteiger partial charge is 0.357 e. The summed E-state index contributed by atoms with van der Waals surface area (Å²) in [5.41, 5.74) is 0. The van der Waals surface area contributed by atoms with E-state index in [-0.39, 0.29) is 24.0 Å². The summed E-state index contributed by atoms with van der Waals surface area (Å²) in [6, 6.07) is 4.10. The van der Waals surface area contributed by atoms with E-state index < -0.39 is 0 Å². The Bertz CT molecular complexity index is 550. The smallest absolute Gasteiger partial charge is 0.191 e. The summed E-state index contributed by atoms with van der Waals surface area (Å²) in [5, 5.41) is 7.53. The topological polar surface area (TPSA) is 52.6 Å². The number of guanidine groups is 1. The first-order valence-corrected chi connectivity index (χ1v) is 8.63. The maximum atomic E-state index is 6.24. The number of allylic oxidation sites excluding steroid dienone is 1. The van der Waals surface area contributed by atoms with E-state index in [1.807, 2.05) is 19.1 Å². The van der Waals surface area contributed by atoms with Crippen molar-refractivity contribution in [2.75, 3.05) is 31.1 Å². The standard InChI is InChI=1S/C17H26ClN5.HI/c1-3-5-6-10-21-17(19-4-2)22-14-9-12-23(13-14)16-15(18)8-7-11-20-16;/h3,5,7-8,11,14H,4,6,9-10,12-13H2,1-2H3,(H2,19,21,22);1H/b5-3+;. The van der Waals surface area contributed by atoms with Crippen molar-refractivity contribution in [3.63, 3.8) is 0 Å². The Morgan fingerprint density at radius 3 is 3.08 bits per heavy atom. The number of aliphatic imine (C=N–C) groups is 1. The Kier molecular flexibility index (Phi) is 10.1. The van der Waals surface area contributed by atoms with Crippen molar-refractivity contribution >= 4 is 47.4 Å². The monoisotopic (exact) mass is 463 g/mol. The molecule has 0 radical (unpaired) electrons. The van der Waals surface area contributed by atoms with Gasteiger partial charge in [0.2, 0.25) is 0 Å². The van der Waals surface area contributed by atoms with Gasteiger partial charge in [-0.25, -0.2) is 4.98 Å². The zero-order valence-electron chi connectivity index (χ0n) is 14.3. The molecule has 0 aromatic carbocycles. The molecule has 2 rings (SSSR count). The van der Waals surface area contributed by atoms with E-state index in [0.29, 0.717) is 11.1 Å². The van der Waals surface area contributed by atoms with E-state index in [2.05, 4.69) is 44.6 Å². The molecule has 1 aromatic heterocycles. The first-order chi connectivity index (χ1) is 11.2. The minimum atomic E-state index is 0. The highest BCUT2D eigenvalue weighted by molar-refractivity contribution is 14.0. The molecule has 134 valence electrons. The summed E-state index contributed by atoms with van der Waals surface area (Å²) in [6.45, 7) is 7.60. The number of hydrogen-bond donors (Lipinski definition) is 2. The summed E-state index contributed by atoms with van der Waals surface area (Å²) in [5.74, 6) is 1.75. The van der Waals surface area contributed by atoms with E-state index in [1.165, 1.54) is 0 Å². The lowest BCUT2D eigenvalue weighted by molar-refractivity contribution is 0.649. The van der Waals surface area contributed by atoms with Crippen LogP contribution in [0.15, 0.2) is 35.5 Å². The van der Waals surface area contributed by atoms with Crippen molar-refractivity contribution < 1.29 is 0 Å². The Balaban J connectivity index is 0.00000288. The summed E-state index contributed by atoms with van der Waals surface area (Å²) in [6.07, 6.45) is 7.99. The van der Waals surface area contributed by atoms with Gasteiger partial charge in [0.25, 0.3) is 0 Å². The van der Waals surface area contributed by atoms with Crippen LogP contribution in [0, 0.1) is 0 Å². The molecule has 2 heterocycles. The van der Waals surface area contributed by atoms with Crippen molar-refractivity contribution in [2.24, 2.45) is 4.99 Å². The van der Waals surface area contributed by atoms with Gasteiger partial charge in [-0.3, -0.25) is 4.99 Å². The molecule has 5 nitrogen and oxygen atoms in total. The number of rotatable bonds is 6. The minimum Gasteiger partial charge on any atom is -0.357 e. The lowest BCUT2D eigenvalue weighted by Crippen LogP contribution is -2.44. The van der Waals surface area contributed by atoms with Crippen molar-refractivity contribution in [1.82, 2.24) is 15.6 Å². The highest BCUT2D eigenvalue weighted by atomic mass is 127. The molecule has 7 heteroatoms. The second-order valence-corrected chi connectivity index (χ2v) is 5.91. The lowest BCUT2D eigenvalue weighted by Gasteiger charge is -2.20. The van der Waals surface area contributed by atoms with Gasteiger partial charge in [0, 0.05) is 38.4 Å². The first kappa shape index (κ1) is 21.0. The second-order valence-electron chi connectivity index (χ2n) is 5.50. The molecule has 1 unspecified atom stereocenters. The van der Waals surface area contributed by atoms with Gasteiger partial charge in [-0.1, -0.05) is 23.8 Å². The maximum Gasteiger partial charge on any atom is 0.191 e. The van der Waals surface area contributed by atoms with Gasteiger partial charge < -0.3 is 15.5 Å². The second kappa shape index (κ2) is 11.5. The van der Waals surface area contributed by atoms with E-state index in [9.17, 15) is 0 Å². The van der Waals surface area contributed by atoms with Crippen LogP contribution < -0.4 is 15.5 Å². The van der Waals surface area contributed by atoms with Gasteiger partial charge in [0.05, 0.1) is 5.02 Å². The predicted molar refractivity (Wildman–Crippen MR) is 114 cm³/mol. The average molecular weight is 464 g/mol. The zero-order valence-corrected chi connectivity index (χ0v) is 17.4. The summed E-state index contributed by atoms with van der Waals surface area (Å²) in [4.78, 5) is 11.2. The van der Waals surface area contributed by atoms with Crippen LogP contribution in [0.25, 0.3) is 0 Å². The van der Waals surface area contributed by atoms with E-state index in [0.717, 1.165) is 50.8 Å². The predicted octanol–water partition coefficient (Wildman–Crippen LogP) is 3.45. The van der Waals surface area contributed by atoms with Gasteiger partial charge in [-0.05, 0) is 38.8 Å². The van der Waals surface area contributed by atoms with Crippen LogP contribution >= 0.6 is 35.6 Å². The van der Waals surface area contributed by atoms with Crippen LogP contribution in [-0.2, 0) is 0 Å². The van der Waals surface area contributed by atoms with Gasteiger partial charge in [-0.2, -0.15) is 0 Å². The molecule has 0 bridgehead atoms. The van der Waals surface area contributed by atoms with Gasteiger partial charge in [-0.15, -0.1) is 24.0 Å². The van der Waals surface area contributed by atoms with Crippen LogP contribution in [0.1, 0.15) is 26.7 Å². The van der Waals surface area contributed by atoms with Crippen LogP contribution in [0.3, 0.4) is 0 Å². The third kappa shape index (κ3) is 6.47. The molecule has 0 amide bonds. The fraction of sp³-hybridized carbons (Fsp3) is 0.529. The van der Waals surface area contributed by atoms with Crippen LogP contribution in [-0.4, -0.2) is 43.2 Å². The summed E-state index contributed by atoms with van der Waals surface area (Å²) >= 11 is 6.24. The zero-order chi connectivity index (χ0) is 16.5. The molecule has 1 aliphatic heterocycles. The molecule has 0 spiro atoms. The third-order valence-electron chi connectivity index (χ3n) is 3.71. The molecule has 24 heavy (non-hydrogen) atoms. The normalized spacial score (nSPS) is 17.9. The SMILES string of the molecule is C/C=C/CCN=C(NCC)NC1CCN(c2ncccc2Cl)C1.I. The molecular weight excluding hydrogens is 437 g/mol. The highest BCUT2D eigenvalue weighted by Crippen LogP contribution is 2.25. The molecule has 1 aliphatic rings. The van der Waals surface area contributed by atoms with Crippen LogP contribution in [0.2, 0.25) is 5.02 Å². The van der Waals surface area contributed by atoms with E-state index >= 15 is 0 Å². The van der Waals surface area contributed by atoms with Gasteiger partial charge in [0.1, 0.15) is 5.82 Å². The minimum absolute atomic E-state index is 0. The molecule has 1 aromatic rings. The molecule has 1 fully saturated rings. The molecule has 1 saturated heterocycles.